The van der Waals surface area contributed by atoms with E-state index < -0.39 is 6.10 Å². The second kappa shape index (κ2) is 59.4. The van der Waals surface area contributed by atoms with Crippen LogP contribution < -0.4 is 0 Å². The highest BCUT2D eigenvalue weighted by Crippen LogP contribution is 2.15. The molecule has 1 unspecified atom stereocenters. The predicted molar refractivity (Wildman–Crippen MR) is 311 cm³/mol. The fourth-order valence-corrected chi connectivity index (χ4v) is 7.80. The molecule has 0 saturated carbocycles. The summed E-state index contributed by atoms with van der Waals surface area (Å²) in [7, 11) is 0. The first-order valence-corrected chi connectivity index (χ1v) is 29.5. The number of carbonyl (C=O) groups excluding carboxylic acids is 3. The third-order valence-corrected chi connectivity index (χ3v) is 12.2. The summed E-state index contributed by atoms with van der Waals surface area (Å²) in [5, 5.41) is 0. The maximum absolute atomic E-state index is 12.8. The van der Waals surface area contributed by atoms with Gasteiger partial charge in [0.05, 0.1) is 0 Å². The van der Waals surface area contributed by atoms with E-state index in [1.807, 2.05) is 0 Å². The molecule has 0 aliphatic heterocycles. The van der Waals surface area contributed by atoms with Crippen molar-refractivity contribution in [3.8, 4) is 0 Å². The highest BCUT2D eigenvalue weighted by atomic mass is 16.6. The van der Waals surface area contributed by atoms with Crippen LogP contribution in [0.5, 0.6) is 0 Å². The Morgan fingerprint density at radius 1 is 0.292 bits per heavy atom. The number of hydrogen-bond donors (Lipinski definition) is 0. The maximum Gasteiger partial charge on any atom is 0.306 e. The van der Waals surface area contributed by atoms with Crippen molar-refractivity contribution in [1.82, 2.24) is 0 Å². The largest absolute Gasteiger partial charge is 0.462 e. The lowest BCUT2D eigenvalue weighted by atomic mass is 10.0. The summed E-state index contributed by atoms with van der Waals surface area (Å²) in [6.07, 6.45) is 82.1. The second-order valence-electron chi connectivity index (χ2n) is 19.2. The number of allylic oxidation sites excluding steroid dienone is 20. The minimum Gasteiger partial charge on any atom is -0.462 e. The van der Waals surface area contributed by atoms with Crippen LogP contribution in [0.3, 0.4) is 0 Å². The lowest BCUT2D eigenvalue weighted by Gasteiger charge is -2.18. The van der Waals surface area contributed by atoms with Crippen molar-refractivity contribution in [2.45, 2.75) is 264 Å². The normalized spacial score (nSPS) is 13.0. The zero-order chi connectivity index (χ0) is 52.2. The molecule has 0 heterocycles. The summed E-state index contributed by atoms with van der Waals surface area (Å²) < 4.78 is 16.8. The molecule has 1 atom stereocenters. The monoisotopic (exact) mass is 997 g/mol. The van der Waals surface area contributed by atoms with Gasteiger partial charge in [-0.15, -0.1) is 0 Å². The van der Waals surface area contributed by atoms with E-state index in [2.05, 4.69) is 142 Å². The molecule has 0 rings (SSSR count). The topological polar surface area (TPSA) is 78.9 Å². The van der Waals surface area contributed by atoms with Crippen molar-refractivity contribution in [3.05, 3.63) is 122 Å². The van der Waals surface area contributed by atoms with Crippen LogP contribution in [-0.2, 0) is 28.6 Å². The van der Waals surface area contributed by atoms with Gasteiger partial charge in [-0.25, -0.2) is 0 Å². The Bertz CT molecular complexity index is 1520. The predicted octanol–water partition coefficient (Wildman–Crippen LogP) is 20.0. The van der Waals surface area contributed by atoms with E-state index in [0.29, 0.717) is 19.3 Å². The zero-order valence-corrected chi connectivity index (χ0v) is 46.7. The number of unbranched alkanes of at least 4 members (excludes halogenated alkanes) is 21. The average Bonchev–Trinajstić information content (AvgIpc) is 3.38. The van der Waals surface area contributed by atoms with Gasteiger partial charge >= 0.3 is 17.9 Å². The molecule has 408 valence electrons. The van der Waals surface area contributed by atoms with Crippen LogP contribution in [0.1, 0.15) is 258 Å². The molecule has 0 N–H and O–H groups in total. The fourth-order valence-electron chi connectivity index (χ4n) is 7.80. The molecule has 72 heavy (non-hydrogen) atoms. The molecular formula is C66H108O6. The van der Waals surface area contributed by atoms with Crippen LogP contribution in [0.15, 0.2) is 122 Å². The van der Waals surface area contributed by atoms with Gasteiger partial charge < -0.3 is 14.2 Å². The summed E-state index contributed by atoms with van der Waals surface area (Å²) in [4.78, 5) is 38.0. The van der Waals surface area contributed by atoms with E-state index in [1.165, 1.54) is 89.9 Å². The van der Waals surface area contributed by atoms with Gasteiger partial charge in [0.2, 0.25) is 0 Å². The van der Waals surface area contributed by atoms with E-state index in [9.17, 15) is 14.4 Å². The zero-order valence-electron chi connectivity index (χ0n) is 46.7. The number of hydrogen-bond acceptors (Lipinski definition) is 6. The molecule has 6 heteroatoms. The lowest BCUT2D eigenvalue weighted by molar-refractivity contribution is -0.167. The number of ether oxygens (including phenoxy) is 3. The minimum absolute atomic E-state index is 0.101. The molecule has 0 aromatic rings. The SMILES string of the molecule is CC/C=C\C/C=C\C/C=C\C/C=C\C/C=C\C/C=C\C/C=C\C/C=C\C/C=C\CCCC(=O)OCC(COC(=O)CCCCCCC/C=C\CCC)OC(=O)CCCCCCCCCCCCCCCCC. The Balaban J connectivity index is 4.37. The molecule has 0 saturated heterocycles. The van der Waals surface area contributed by atoms with E-state index >= 15 is 0 Å². The quantitative estimate of drug-likeness (QED) is 0.0261. The van der Waals surface area contributed by atoms with Gasteiger partial charge in [0.15, 0.2) is 6.10 Å². The van der Waals surface area contributed by atoms with Crippen LogP contribution in [0, 0.1) is 0 Å². The standard InChI is InChI=1S/C66H108O6/c1-4-7-10-13-16-19-22-24-26-27-28-29-30-31-32-33-34-35-36-37-38-39-41-42-44-47-50-53-56-59-65(68)71-62-63(61-70-64(67)58-55-52-49-46-21-18-15-12-9-6-3)72-66(69)60-57-54-51-48-45-43-40-25-23-20-17-14-11-8-5-2/h7,10,12,15-16,19,24,26,28-29,31-32,34-35,37-38,41-42,47,50,63H,4-6,8-9,11,13-14,17-18,20-23,25,27,30,33,36,39-40,43-46,48-49,51-62H2,1-3H3/b10-7-,15-12-,19-16-,26-24-,29-28-,32-31-,35-34-,38-37-,42-41-,50-47-. The average molecular weight is 998 g/mol. The Kier molecular flexibility index (Phi) is 55.9. The first-order chi connectivity index (χ1) is 35.5. The van der Waals surface area contributed by atoms with E-state index in [-0.39, 0.29) is 37.5 Å². The first kappa shape index (κ1) is 67.8. The highest BCUT2D eigenvalue weighted by Gasteiger charge is 2.19. The minimum atomic E-state index is -0.805. The summed E-state index contributed by atoms with van der Waals surface area (Å²) in [6.45, 7) is 6.41. The third kappa shape index (κ3) is 56.7. The van der Waals surface area contributed by atoms with Crippen molar-refractivity contribution in [1.29, 1.82) is 0 Å². The Morgan fingerprint density at radius 2 is 0.583 bits per heavy atom. The molecule has 0 fully saturated rings. The van der Waals surface area contributed by atoms with Crippen LogP contribution in [-0.4, -0.2) is 37.2 Å². The summed E-state index contributed by atoms with van der Waals surface area (Å²) in [6, 6.07) is 0. The third-order valence-electron chi connectivity index (χ3n) is 12.2. The fraction of sp³-hybridized carbons (Fsp3) is 0.652. The molecule has 0 aromatic heterocycles. The first-order valence-electron chi connectivity index (χ1n) is 29.5. The van der Waals surface area contributed by atoms with Gasteiger partial charge in [-0.3, -0.25) is 14.4 Å². The van der Waals surface area contributed by atoms with E-state index in [0.717, 1.165) is 122 Å². The van der Waals surface area contributed by atoms with Gasteiger partial charge in [-0.2, -0.15) is 0 Å². The number of esters is 3. The van der Waals surface area contributed by atoms with Crippen molar-refractivity contribution in [3.63, 3.8) is 0 Å². The lowest BCUT2D eigenvalue weighted by Crippen LogP contribution is -2.30. The Labute approximate surface area is 443 Å². The van der Waals surface area contributed by atoms with Crippen LogP contribution in [0.25, 0.3) is 0 Å². The van der Waals surface area contributed by atoms with E-state index in [1.54, 1.807) is 0 Å². The Hall–Kier alpha value is -4.19. The van der Waals surface area contributed by atoms with Crippen molar-refractivity contribution >= 4 is 17.9 Å². The second-order valence-corrected chi connectivity index (χ2v) is 19.2. The smallest absolute Gasteiger partial charge is 0.306 e. The molecule has 0 aliphatic carbocycles. The molecule has 0 aliphatic rings. The number of carbonyl (C=O) groups is 3. The van der Waals surface area contributed by atoms with Gasteiger partial charge in [-0.1, -0.05) is 258 Å². The van der Waals surface area contributed by atoms with Crippen LogP contribution >= 0.6 is 0 Å². The summed E-state index contributed by atoms with van der Waals surface area (Å²) in [5.41, 5.74) is 0. The molecule has 0 aromatic carbocycles. The van der Waals surface area contributed by atoms with E-state index in [4.69, 9.17) is 14.2 Å². The van der Waals surface area contributed by atoms with Crippen molar-refractivity contribution in [2.24, 2.45) is 0 Å². The maximum atomic E-state index is 12.8. The number of rotatable bonds is 52. The molecule has 0 amide bonds. The van der Waals surface area contributed by atoms with Gasteiger partial charge in [0.25, 0.3) is 0 Å². The van der Waals surface area contributed by atoms with Crippen LogP contribution in [0.4, 0.5) is 0 Å². The molecule has 6 nitrogen and oxygen atoms in total. The van der Waals surface area contributed by atoms with Crippen LogP contribution in [0.2, 0.25) is 0 Å². The van der Waals surface area contributed by atoms with Crippen molar-refractivity contribution in [2.75, 3.05) is 13.2 Å². The van der Waals surface area contributed by atoms with Crippen molar-refractivity contribution < 1.29 is 28.6 Å². The van der Waals surface area contributed by atoms with Gasteiger partial charge in [-0.05, 0) is 103 Å². The Morgan fingerprint density at radius 3 is 0.972 bits per heavy atom. The molecule has 0 radical (unpaired) electrons. The molecule has 0 bridgehead atoms. The molecule has 0 spiro atoms. The summed E-state index contributed by atoms with van der Waals surface area (Å²) in [5.74, 6) is -0.973. The summed E-state index contributed by atoms with van der Waals surface area (Å²) >= 11 is 0. The van der Waals surface area contributed by atoms with Gasteiger partial charge in [0, 0.05) is 19.3 Å². The van der Waals surface area contributed by atoms with Gasteiger partial charge in [0.1, 0.15) is 13.2 Å². The molecular weight excluding hydrogens is 889 g/mol. The highest BCUT2D eigenvalue weighted by molar-refractivity contribution is 5.71.